The molecule has 22 heavy (non-hydrogen) atoms. The highest BCUT2D eigenvalue weighted by molar-refractivity contribution is 6.31. The first kappa shape index (κ1) is 14.5. The van der Waals surface area contributed by atoms with Crippen LogP contribution in [-0.2, 0) is 4.74 Å². The van der Waals surface area contributed by atoms with Gasteiger partial charge in [-0.2, -0.15) is 0 Å². The second kappa shape index (κ2) is 5.78. The fraction of sp³-hybridized carbons (Fsp3) is 0.111. The number of esters is 1. The summed E-state index contributed by atoms with van der Waals surface area (Å²) < 4.78 is 4.95. The summed E-state index contributed by atoms with van der Waals surface area (Å²) in [6.45, 7) is 1.81. The number of rotatable bonds is 2. The van der Waals surface area contributed by atoms with Crippen LogP contribution >= 0.6 is 11.6 Å². The molecule has 0 saturated carbocycles. The van der Waals surface area contributed by atoms with Gasteiger partial charge in [0.15, 0.2) is 0 Å². The van der Waals surface area contributed by atoms with E-state index in [0.717, 1.165) is 22.0 Å². The molecule has 3 rings (SSSR count). The summed E-state index contributed by atoms with van der Waals surface area (Å²) in [4.78, 5) is 16.8. The van der Waals surface area contributed by atoms with Gasteiger partial charge in [0.25, 0.3) is 0 Å². The summed E-state index contributed by atoms with van der Waals surface area (Å²) in [5, 5.41) is 1.44. The molecule has 0 radical (unpaired) electrons. The van der Waals surface area contributed by atoms with Gasteiger partial charge in [0.2, 0.25) is 0 Å². The molecule has 0 aliphatic carbocycles. The Hall–Kier alpha value is -2.39. The van der Waals surface area contributed by atoms with E-state index in [-0.39, 0.29) is 0 Å². The Balaban J connectivity index is 2.47. The van der Waals surface area contributed by atoms with Crippen LogP contribution in [0.3, 0.4) is 0 Å². The molecule has 3 nitrogen and oxygen atoms in total. The maximum atomic E-state index is 12.3. The number of benzene rings is 2. The zero-order chi connectivity index (χ0) is 15.7. The topological polar surface area (TPSA) is 39.2 Å². The summed E-state index contributed by atoms with van der Waals surface area (Å²) >= 11 is 6.14. The van der Waals surface area contributed by atoms with Gasteiger partial charge in [0.05, 0.1) is 23.9 Å². The fourth-order valence-corrected chi connectivity index (χ4v) is 2.79. The van der Waals surface area contributed by atoms with Gasteiger partial charge in [0.1, 0.15) is 0 Å². The summed E-state index contributed by atoms with van der Waals surface area (Å²) in [7, 11) is 1.37. The number of methoxy groups -OCH3 is 1. The second-order valence-electron chi connectivity index (χ2n) is 4.97. The number of hydrogen-bond acceptors (Lipinski definition) is 3. The monoisotopic (exact) mass is 311 g/mol. The summed E-state index contributed by atoms with van der Waals surface area (Å²) in [5.74, 6) is -0.397. The molecule has 0 atom stereocenters. The standard InChI is InChI=1S/C18H14ClNO2/c1-11-16(18(21)22-2)17(12-6-4-3-5-7-12)14-10-13(19)8-9-15(14)20-11/h3-10H,1-2H3. The van der Waals surface area contributed by atoms with Gasteiger partial charge in [-0.3, -0.25) is 4.98 Å². The van der Waals surface area contributed by atoms with E-state index in [9.17, 15) is 4.79 Å². The predicted molar refractivity (Wildman–Crippen MR) is 88.3 cm³/mol. The molecule has 0 unspecified atom stereocenters. The molecule has 0 N–H and O–H groups in total. The fourth-order valence-electron chi connectivity index (χ4n) is 2.61. The number of aromatic nitrogens is 1. The van der Waals surface area contributed by atoms with E-state index >= 15 is 0 Å². The van der Waals surface area contributed by atoms with Crippen LogP contribution in [0.4, 0.5) is 0 Å². The van der Waals surface area contributed by atoms with E-state index in [1.165, 1.54) is 7.11 Å². The zero-order valence-corrected chi connectivity index (χ0v) is 13.0. The van der Waals surface area contributed by atoms with E-state index in [4.69, 9.17) is 16.3 Å². The van der Waals surface area contributed by atoms with Crippen LogP contribution in [0.15, 0.2) is 48.5 Å². The van der Waals surface area contributed by atoms with Gasteiger partial charge >= 0.3 is 5.97 Å². The van der Waals surface area contributed by atoms with Crippen molar-refractivity contribution < 1.29 is 9.53 Å². The van der Waals surface area contributed by atoms with Crippen molar-refractivity contribution in [1.82, 2.24) is 4.98 Å². The van der Waals surface area contributed by atoms with E-state index in [0.29, 0.717) is 16.3 Å². The SMILES string of the molecule is COC(=O)c1c(C)nc2ccc(Cl)cc2c1-c1ccccc1. The van der Waals surface area contributed by atoms with Crippen molar-refractivity contribution in [3.63, 3.8) is 0 Å². The Kier molecular flexibility index (Phi) is 3.82. The van der Waals surface area contributed by atoms with Crippen LogP contribution in [0.2, 0.25) is 5.02 Å². The number of aryl methyl sites for hydroxylation is 1. The number of ether oxygens (including phenoxy) is 1. The third-order valence-electron chi connectivity index (χ3n) is 3.58. The molecule has 0 aliphatic heterocycles. The predicted octanol–water partition coefficient (Wildman–Crippen LogP) is 4.65. The maximum Gasteiger partial charge on any atom is 0.340 e. The van der Waals surface area contributed by atoms with Crippen LogP contribution in [0.5, 0.6) is 0 Å². The Morgan fingerprint density at radius 2 is 1.86 bits per heavy atom. The molecule has 110 valence electrons. The zero-order valence-electron chi connectivity index (χ0n) is 12.3. The highest BCUT2D eigenvalue weighted by Crippen LogP contribution is 2.34. The summed E-state index contributed by atoms with van der Waals surface area (Å²) in [6.07, 6.45) is 0. The molecule has 0 fully saturated rings. The molecule has 0 spiro atoms. The highest BCUT2D eigenvalue weighted by Gasteiger charge is 2.20. The van der Waals surface area contributed by atoms with Gasteiger partial charge in [-0.15, -0.1) is 0 Å². The van der Waals surface area contributed by atoms with Gasteiger partial charge in [-0.1, -0.05) is 41.9 Å². The molecule has 0 amide bonds. The van der Waals surface area contributed by atoms with Gasteiger partial charge in [-0.05, 0) is 30.7 Å². The molecule has 2 aromatic carbocycles. The third kappa shape index (κ3) is 2.44. The average molecular weight is 312 g/mol. The van der Waals surface area contributed by atoms with Crippen LogP contribution in [0, 0.1) is 6.92 Å². The lowest BCUT2D eigenvalue weighted by molar-refractivity contribution is 0.0600. The number of fused-ring (bicyclic) bond motifs is 1. The summed E-state index contributed by atoms with van der Waals surface area (Å²) in [6, 6.07) is 15.2. The van der Waals surface area contributed by atoms with Gasteiger partial charge in [0, 0.05) is 16.0 Å². The van der Waals surface area contributed by atoms with Crippen LogP contribution in [-0.4, -0.2) is 18.1 Å². The van der Waals surface area contributed by atoms with E-state index in [1.54, 1.807) is 6.07 Å². The molecule has 0 bridgehead atoms. The first-order chi connectivity index (χ1) is 10.6. The van der Waals surface area contributed by atoms with E-state index in [1.807, 2.05) is 49.4 Å². The first-order valence-corrected chi connectivity index (χ1v) is 7.23. The quantitative estimate of drug-likeness (QED) is 0.647. The van der Waals surface area contributed by atoms with Crippen LogP contribution in [0.25, 0.3) is 22.0 Å². The smallest absolute Gasteiger partial charge is 0.340 e. The Morgan fingerprint density at radius 1 is 1.14 bits per heavy atom. The van der Waals surface area contributed by atoms with E-state index < -0.39 is 5.97 Å². The Bertz CT molecular complexity index is 860. The molecule has 1 aromatic heterocycles. The number of nitrogens with zero attached hydrogens (tertiary/aromatic N) is 1. The van der Waals surface area contributed by atoms with Crippen molar-refractivity contribution in [3.05, 3.63) is 64.8 Å². The molecule has 4 heteroatoms. The van der Waals surface area contributed by atoms with E-state index in [2.05, 4.69) is 4.98 Å². The number of halogens is 1. The number of pyridine rings is 1. The van der Waals surface area contributed by atoms with Crippen molar-refractivity contribution in [2.24, 2.45) is 0 Å². The number of hydrogen-bond donors (Lipinski definition) is 0. The first-order valence-electron chi connectivity index (χ1n) is 6.85. The normalized spacial score (nSPS) is 10.7. The van der Waals surface area contributed by atoms with Crippen molar-refractivity contribution in [2.45, 2.75) is 6.92 Å². The Labute approximate surface area is 133 Å². The van der Waals surface area contributed by atoms with Crippen LogP contribution in [0.1, 0.15) is 16.1 Å². The maximum absolute atomic E-state index is 12.3. The van der Waals surface area contributed by atoms with Crippen molar-refractivity contribution in [3.8, 4) is 11.1 Å². The molecule has 0 saturated heterocycles. The molecular weight excluding hydrogens is 298 g/mol. The van der Waals surface area contributed by atoms with Crippen molar-refractivity contribution in [1.29, 1.82) is 0 Å². The van der Waals surface area contributed by atoms with Crippen molar-refractivity contribution in [2.75, 3.05) is 7.11 Å². The molecule has 1 heterocycles. The Morgan fingerprint density at radius 3 is 2.55 bits per heavy atom. The van der Waals surface area contributed by atoms with Gasteiger partial charge in [-0.25, -0.2) is 4.79 Å². The van der Waals surface area contributed by atoms with Crippen molar-refractivity contribution >= 4 is 28.5 Å². The third-order valence-corrected chi connectivity index (χ3v) is 3.81. The minimum atomic E-state index is -0.397. The highest BCUT2D eigenvalue weighted by atomic mass is 35.5. The largest absolute Gasteiger partial charge is 0.465 e. The number of carbonyl (C=O) groups excluding carboxylic acids is 1. The lowest BCUT2D eigenvalue weighted by atomic mass is 9.94. The van der Waals surface area contributed by atoms with Crippen LogP contribution < -0.4 is 0 Å². The lowest BCUT2D eigenvalue weighted by Crippen LogP contribution is -2.08. The minimum Gasteiger partial charge on any atom is -0.465 e. The molecule has 3 aromatic rings. The molecular formula is C18H14ClNO2. The average Bonchev–Trinajstić information content (AvgIpc) is 2.54. The lowest BCUT2D eigenvalue weighted by Gasteiger charge is -2.14. The second-order valence-corrected chi connectivity index (χ2v) is 5.40. The minimum absolute atomic E-state index is 0.397. The summed E-state index contributed by atoms with van der Waals surface area (Å²) in [5.41, 5.74) is 3.65. The van der Waals surface area contributed by atoms with Gasteiger partial charge < -0.3 is 4.74 Å². The number of carbonyl (C=O) groups is 1. The molecule has 0 aliphatic rings.